The number of carbonyl (C=O) groups excluding carboxylic acids is 2. The molecule has 0 radical (unpaired) electrons. The molecule has 8 atom stereocenters. The molecule has 0 N–H and O–H groups in total. The lowest BCUT2D eigenvalue weighted by Crippen LogP contribution is -2.69. The molecule has 2 bridgehead atoms. The SMILES string of the molecule is CCO[C@@]12C[C@H]3[C@@H](CC[C@H]4C5(C(=O)OC)CCCC34C(OC)OC5)[C@@H](C)C1=CC(=O)O2. The summed E-state index contributed by atoms with van der Waals surface area (Å²) in [6, 6.07) is 0. The first kappa shape index (κ1) is 21.4. The molecule has 0 amide bonds. The molecular formula is C24H34O7. The molecule has 3 aliphatic carbocycles. The minimum absolute atomic E-state index is 0.120. The average molecular weight is 435 g/mol. The van der Waals surface area contributed by atoms with E-state index in [9.17, 15) is 9.59 Å². The summed E-state index contributed by atoms with van der Waals surface area (Å²) in [5, 5.41) is 0. The van der Waals surface area contributed by atoms with Gasteiger partial charge in [-0.2, -0.15) is 0 Å². The number of methoxy groups -OCH3 is 2. The Morgan fingerprint density at radius 1 is 1.26 bits per heavy atom. The number of esters is 2. The fourth-order valence-corrected chi connectivity index (χ4v) is 8.31. The third kappa shape index (κ3) is 2.63. The van der Waals surface area contributed by atoms with Crippen LogP contribution < -0.4 is 0 Å². The minimum Gasteiger partial charge on any atom is -0.469 e. The number of ether oxygens (including phenoxy) is 5. The Hall–Kier alpha value is -1.44. The van der Waals surface area contributed by atoms with Crippen molar-refractivity contribution in [2.24, 2.45) is 34.5 Å². The summed E-state index contributed by atoms with van der Waals surface area (Å²) in [5.41, 5.74) is 0.00910. The van der Waals surface area contributed by atoms with E-state index in [2.05, 4.69) is 6.92 Å². The highest BCUT2D eigenvalue weighted by molar-refractivity contribution is 5.86. The van der Waals surface area contributed by atoms with Crippen LogP contribution in [0.25, 0.3) is 0 Å². The normalized spacial score (nSPS) is 48.1. The van der Waals surface area contributed by atoms with E-state index in [1.54, 1.807) is 13.2 Å². The van der Waals surface area contributed by atoms with Gasteiger partial charge in [-0.1, -0.05) is 13.3 Å². The zero-order chi connectivity index (χ0) is 22.0. The quantitative estimate of drug-likeness (QED) is 0.629. The van der Waals surface area contributed by atoms with Gasteiger partial charge >= 0.3 is 11.9 Å². The first-order valence-electron chi connectivity index (χ1n) is 11.7. The summed E-state index contributed by atoms with van der Waals surface area (Å²) >= 11 is 0. The Morgan fingerprint density at radius 3 is 2.77 bits per heavy atom. The Balaban J connectivity index is 1.63. The van der Waals surface area contributed by atoms with E-state index in [0.717, 1.165) is 37.7 Å². The van der Waals surface area contributed by atoms with Crippen LogP contribution in [0.4, 0.5) is 0 Å². The number of hydrogen-bond donors (Lipinski definition) is 0. The van der Waals surface area contributed by atoms with Gasteiger partial charge in [0.2, 0.25) is 5.79 Å². The first-order chi connectivity index (χ1) is 14.9. The van der Waals surface area contributed by atoms with Crippen LogP contribution in [-0.2, 0) is 33.3 Å². The smallest absolute Gasteiger partial charge is 0.333 e. The van der Waals surface area contributed by atoms with E-state index < -0.39 is 17.5 Å². The van der Waals surface area contributed by atoms with Crippen molar-refractivity contribution in [2.75, 3.05) is 27.4 Å². The third-order valence-corrected chi connectivity index (χ3v) is 9.26. The summed E-state index contributed by atoms with van der Waals surface area (Å²) in [7, 11) is 3.18. The van der Waals surface area contributed by atoms with E-state index >= 15 is 0 Å². The van der Waals surface area contributed by atoms with Gasteiger partial charge in [0.25, 0.3) is 0 Å². The van der Waals surface area contributed by atoms with Crippen molar-refractivity contribution in [2.45, 2.75) is 64.4 Å². The predicted octanol–water partition coefficient (Wildman–Crippen LogP) is 3.22. The maximum atomic E-state index is 13.1. The molecule has 5 rings (SSSR count). The monoisotopic (exact) mass is 434 g/mol. The number of carbonyl (C=O) groups is 2. The molecule has 3 saturated carbocycles. The highest BCUT2D eigenvalue weighted by Gasteiger charge is 2.72. The van der Waals surface area contributed by atoms with Crippen LogP contribution >= 0.6 is 0 Å². The predicted molar refractivity (Wildman–Crippen MR) is 109 cm³/mol. The van der Waals surface area contributed by atoms with Crippen LogP contribution in [0.1, 0.15) is 52.4 Å². The van der Waals surface area contributed by atoms with Gasteiger partial charge in [-0.15, -0.1) is 0 Å². The maximum Gasteiger partial charge on any atom is 0.333 e. The van der Waals surface area contributed by atoms with E-state index in [4.69, 9.17) is 23.7 Å². The van der Waals surface area contributed by atoms with E-state index in [1.807, 2.05) is 6.92 Å². The van der Waals surface area contributed by atoms with Gasteiger partial charge in [-0.3, -0.25) is 4.79 Å². The van der Waals surface area contributed by atoms with Crippen molar-refractivity contribution >= 4 is 11.9 Å². The number of hydrogen-bond acceptors (Lipinski definition) is 7. The summed E-state index contributed by atoms with van der Waals surface area (Å²) in [6.07, 6.45) is 6.42. The molecule has 2 heterocycles. The Kier molecular flexibility index (Phi) is 5.03. The van der Waals surface area contributed by atoms with Crippen molar-refractivity contribution in [3.63, 3.8) is 0 Å². The number of rotatable bonds is 4. The van der Waals surface area contributed by atoms with Crippen LogP contribution in [0.5, 0.6) is 0 Å². The molecule has 0 aromatic heterocycles. The highest BCUT2D eigenvalue weighted by Crippen LogP contribution is 2.70. The van der Waals surface area contributed by atoms with Gasteiger partial charge in [0.05, 0.1) is 19.1 Å². The minimum atomic E-state index is -1.01. The first-order valence-corrected chi connectivity index (χ1v) is 11.7. The molecule has 1 saturated heterocycles. The Morgan fingerprint density at radius 2 is 2.06 bits per heavy atom. The van der Waals surface area contributed by atoms with Gasteiger partial charge in [0, 0.05) is 37.2 Å². The number of fused-ring (bicyclic) bond motifs is 2. The Bertz CT molecular complexity index is 808. The van der Waals surface area contributed by atoms with Crippen LogP contribution in [-0.4, -0.2) is 51.4 Å². The summed E-state index contributed by atoms with van der Waals surface area (Å²) in [4.78, 5) is 25.5. The molecular weight excluding hydrogens is 400 g/mol. The zero-order valence-corrected chi connectivity index (χ0v) is 19.0. The van der Waals surface area contributed by atoms with Crippen molar-refractivity contribution in [3.8, 4) is 0 Å². The van der Waals surface area contributed by atoms with E-state index in [-0.39, 0.29) is 35.1 Å². The van der Waals surface area contributed by atoms with Crippen LogP contribution in [0.2, 0.25) is 0 Å². The van der Waals surface area contributed by atoms with Gasteiger partial charge in [0.1, 0.15) is 0 Å². The average Bonchev–Trinajstić information content (AvgIpc) is 3.09. The van der Waals surface area contributed by atoms with Crippen molar-refractivity contribution < 1.29 is 33.3 Å². The zero-order valence-electron chi connectivity index (χ0n) is 19.0. The lowest BCUT2D eigenvalue weighted by molar-refractivity contribution is -0.339. The molecule has 0 aromatic carbocycles. The molecule has 7 heteroatoms. The fourth-order valence-electron chi connectivity index (χ4n) is 8.31. The summed E-state index contributed by atoms with van der Waals surface area (Å²) in [5.74, 6) is -0.700. The molecule has 0 aromatic rings. The second-order valence-corrected chi connectivity index (χ2v) is 10.1. The van der Waals surface area contributed by atoms with Crippen LogP contribution in [0, 0.1) is 34.5 Å². The van der Waals surface area contributed by atoms with Crippen LogP contribution in [0.3, 0.4) is 0 Å². The van der Waals surface area contributed by atoms with Gasteiger partial charge in [-0.05, 0) is 56.3 Å². The molecule has 4 fully saturated rings. The standard InChI is InChI=1S/C24H34O7/c1-5-30-24-12-17-15(14(2)16(24)11-19(25)31-24)7-8-18-22(20(26)27-3)9-6-10-23(17,18)21(28-4)29-13-22/h11,14-15,17-18,21H,5-10,12-13H2,1-4H3/t14-,15+,17+,18+,21?,22?,23?,24-/m1/s1. The highest BCUT2D eigenvalue weighted by atomic mass is 16.7. The van der Waals surface area contributed by atoms with E-state index in [0.29, 0.717) is 25.6 Å². The Labute approximate surface area is 183 Å². The van der Waals surface area contributed by atoms with Crippen LogP contribution in [0.15, 0.2) is 11.6 Å². The van der Waals surface area contributed by atoms with Crippen molar-refractivity contribution in [3.05, 3.63) is 11.6 Å². The van der Waals surface area contributed by atoms with Gasteiger partial charge < -0.3 is 23.7 Å². The maximum absolute atomic E-state index is 13.1. The van der Waals surface area contributed by atoms with E-state index in [1.165, 1.54) is 7.11 Å². The molecule has 7 nitrogen and oxygen atoms in total. The van der Waals surface area contributed by atoms with Crippen molar-refractivity contribution in [1.29, 1.82) is 0 Å². The molecule has 3 unspecified atom stereocenters. The largest absolute Gasteiger partial charge is 0.469 e. The van der Waals surface area contributed by atoms with Gasteiger partial charge in [-0.25, -0.2) is 4.79 Å². The molecule has 5 aliphatic rings. The molecule has 2 aliphatic heterocycles. The lowest BCUT2D eigenvalue weighted by Gasteiger charge is -2.67. The van der Waals surface area contributed by atoms with Gasteiger partial charge in [0.15, 0.2) is 6.29 Å². The second kappa shape index (κ2) is 7.29. The van der Waals surface area contributed by atoms with Crippen molar-refractivity contribution in [1.82, 2.24) is 0 Å². The second-order valence-electron chi connectivity index (χ2n) is 10.1. The molecule has 31 heavy (non-hydrogen) atoms. The molecule has 172 valence electrons. The lowest BCUT2D eigenvalue weighted by atomic mass is 9.40. The summed E-state index contributed by atoms with van der Waals surface area (Å²) < 4.78 is 29.6. The molecule has 0 spiro atoms. The fraction of sp³-hybridized carbons (Fsp3) is 0.833. The topological polar surface area (TPSA) is 80.3 Å². The summed E-state index contributed by atoms with van der Waals surface area (Å²) in [6.45, 7) is 4.93. The third-order valence-electron chi connectivity index (χ3n) is 9.26.